The maximum Gasteiger partial charge on any atom is 0.272 e. The van der Waals surface area contributed by atoms with E-state index in [1.807, 2.05) is 0 Å². The Bertz CT molecular complexity index is 992. The maximum atomic E-state index is 12.4. The summed E-state index contributed by atoms with van der Waals surface area (Å²) in [5.41, 5.74) is 1.26. The van der Waals surface area contributed by atoms with E-state index in [2.05, 4.69) is 10.3 Å². The zero-order valence-corrected chi connectivity index (χ0v) is 15.7. The number of nitrogens with one attached hydrogen (secondary N) is 2. The van der Waals surface area contributed by atoms with Crippen LogP contribution in [0.5, 0.6) is 23.0 Å². The first-order valence-corrected chi connectivity index (χ1v) is 8.51. The van der Waals surface area contributed by atoms with Crippen molar-refractivity contribution in [3.8, 4) is 23.0 Å². The summed E-state index contributed by atoms with van der Waals surface area (Å²) in [5.74, 6) is 1.80. The minimum atomic E-state index is -0.368. The Labute approximate surface area is 162 Å². The van der Waals surface area contributed by atoms with Gasteiger partial charge in [-0.1, -0.05) is 0 Å². The number of anilines is 1. The van der Waals surface area contributed by atoms with Gasteiger partial charge >= 0.3 is 0 Å². The van der Waals surface area contributed by atoms with Gasteiger partial charge in [0.1, 0.15) is 17.2 Å². The molecule has 1 aromatic heterocycles. The Morgan fingerprint density at radius 3 is 2.21 bits per heavy atom. The molecule has 144 valence electrons. The monoisotopic (exact) mass is 380 g/mol. The number of benzene rings is 2. The number of methoxy groups -OCH3 is 2. The third kappa shape index (κ3) is 4.32. The highest BCUT2D eigenvalue weighted by Gasteiger charge is 2.13. The maximum absolute atomic E-state index is 12.4. The number of hydrogen-bond acceptors (Lipinski definition) is 5. The summed E-state index contributed by atoms with van der Waals surface area (Å²) < 4.78 is 16.3. The van der Waals surface area contributed by atoms with Crippen LogP contribution >= 0.6 is 0 Å². The first-order valence-electron chi connectivity index (χ1n) is 8.51. The lowest BCUT2D eigenvalue weighted by atomic mass is 10.2. The molecule has 3 rings (SSSR count). The molecule has 0 unspecified atom stereocenters. The second-order valence-corrected chi connectivity index (χ2v) is 5.96. The van der Waals surface area contributed by atoms with E-state index in [-0.39, 0.29) is 11.7 Å². The number of carbonyl (C=O) groups is 2. The molecule has 0 aliphatic carbocycles. The molecule has 3 aromatic rings. The first kappa shape index (κ1) is 19.0. The fourth-order valence-electron chi connectivity index (χ4n) is 2.53. The van der Waals surface area contributed by atoms with Crippen LogP contribution in [-0.2, 0) is 0 Å². The molecule has 0 aliphatic heterocycles. The van der Waals surface area contributed by atoms with E-state index in [0.717, 1.165) is 5.75 Å². The number of rotatable bonds is 7. The summed E-state index contributed by atoms with van der Waals surface area (Å²) >= 11 is 0. The first-order chi connectivity index (χ1) is 13.5. The van der Waals surface area contributed by atoms with Crippen molar-refractivity contribution in [1.82, 2.24) is 4.98 Å². The highest BCUT2D eigenvalue weighted by atomic mass is 16.5. The molecule has 7 nitrogen and oxygen atoms in total. The molecule has 2 aromatic carbocycles. The zero-order chi connectivity index (χ0) is 20.1. The molecular weight excluding hydrogens is 360 g/mol. The zero-order valence-electron chi connectivity index (χ0n) is 15.7. The lowest BCUT2D eigenvalue weighted by Gasteiger charge is -2.13. The molecular formula is C21H20N2O5. The number of ketones is 1. The number of ether oxygens (including phenoxy) is 3. The van der Waals surface area contributed by atoms with Gasteiger partial charge in [-0.2, -0.15) is 0 Å². The van der Waals surface area contributed by atoms with Gasteiger partial charge in [0.2, 0.25) is 0 Å². The molecule has 1 amide bonds. The average molecular weight is 380 g/mol. The van der Waals surface area contributed by atoms with Gasteiger partial charge in [0, 0.05) is 23.5 Å². The van der Waals surface area contributed by atoms with Crippen LogP contribution in [0.2, 0.25) is 0 Å². The Hall–Kier alpha value is -3.74. The molecule has 1 heterocycles. The van der Waals surface area contributed by atoms with E-state index in [1.54, 1.807) is 49.6 Å². The van der Waals surface area contributed by atoms with E-state index >= 15 is 0 Å². The van der Waals surface area contributed by atoms with Crippen molar-refractivity contribution < 1.29 is 23.8 Å². The van der Waals surface area contributed by atoms with E-state index in [0.29, 0.717) is 34.2 Å². The van der Waals surface area contributed by atoms with Crippen LogP contribution in [0.25, 0.3) is 0 Å². The highest BCUT2D eigenvalue weighted by molar-refractivity contribution is 6.05. The normalized spacial score (nSPS) is 10.2. The van der Waals surface area contributed by atoms with Crippen molar-refractivity contribution in [3.63, 3.8) is 0 Å². The summed E-state index contributed by atoms with van der Waals surface area (Å²) in [4.78, 5) is 26.6. The Kier molecular flexibility index (Phi) is 5.64. The molecule has 0 bridgehead atoms. The number of carbonyl (C=O) groups excluding carboxylic acids is 2. The minimum absolute atomic E-state index is 0.116. The van der Waals surface area contributed by atoms with Crippen molar-refractivity contribution >= 4 is 17.4 Å². The fraction of sp³-hybridized carbons (Fsp3) is 0.143. The molecule has 0 spiro atoms. The van der Waals surface area contributed by atoms with Gasteiger partial charge in [0.25, 0.3) is 5.91 Å². The van der Waals surface area contributed by atoms with E-state index in [1.165, 1.54) is 26.3 Å². The van der Waals surface area contributed by atoms with Gasteiger partial charge in [0.05, 0.1) is 14.2 Å². The minimum Gasteiger partial charge on any atom is -0.497 e. The molecule has 2 N–H and O–H groups in total. The lowest BCUT2D eigenvalue weighted by Crippen LogP contribution is -2.12. The second kappa shape index (κ2) is 8.30. The Morgan fingerprint density at radius 1 is 0.893 bits per heavy atom. The average Bonchev–Trinajstić information content (AvgIpc) is 3.20. The number of H-pyrrole nitrogens is 1. The topological polar surface area (TPSA) is 89.6 Å². The van der Waals surface area contributed by atoms with Crippen molar-refractivity contribution in [2.45, 2.75) is 6.92 Å². The largest absolute Gasteiger partial charge is 0.497 e. The Balaban J connectivity index is 1.79. The standard InChI is InChI=1S/C21H20N2O5/c1-13(24)14-10-18(22-12-14)21(25)23-15-4-9-19(27-3)20(11-15)28-17-7-5-16(26-2)6-8-17/h4-12,22H,1-3H3,(H,23,25). The van der Waals surface area contributed by atoms with Crippen LogP contribution in [0.3, 0.4) is 0 Å². The predicted octanol–water partition coefficient (Wildman–Crippen LogP) is 4.28. The van der Waals surface area contributed by atoms with Crippen LogP contribution in [0.1, 0.15) is 27.8 Å². The fourth-order valence-corrected chi connectivity index (χ4v) is 2.53. The van der Waals surface area contributed by atoms with Crippen LogP contribution in [0, 0.1) is 0 Å². The number of Topliss-reactive ketones (excluding diaryl/α,β-unsaturated/α-hetero) is 1. The summed E-state index contributed by atoms with van der Waals surface area (Å²) in [6.45, 7) is 1.44. The SMILES string of the molecule is COc1ccc(Oc2cc(NC(=O)c3cc(C(C)=O)c[nH]3)ccc2OC)cc1. The van der Waals surface area contributed by atoms with Crippen LogP contribution in [0.4, 0.5) is 5.69 Å². The van der Waals surface area contributed by atoms with Gasteiger partial charge in [0.15, 0.2) is 17.3 Å². The number of aromatic nitrogens is 1. The third-order valence-corrected chi connectivity index (χ3v) is 4.04. The summed E-state index contributed by atoms with van der Waals surface area (Å²) in [6.07, 6.45) is 1.50. The van der Waals surface area contributed by atoms with Gasteiger partial charge < -0.3 is 24.5 Å². The van der Waals surface area contributed by atoms with Crippen molar-refractivity contribution in [2.24, 2.45) is 0 Å². The van der Waals surface area contributed by atoms with Crippen molar-refractivity contribution in [3.05, 3.63) is 66.0 Å². The smallest absolute Gasteiger partial charge is 0.272 e. The van der Waals surface area contributed by atoms with Gasteiger partial charge in [-0.3, -0.25) is 9.59 Å². The quantitative estimate of drug-likeness (QED) is 0.597. The van der Waals surface area contributed by atoms with E-state index < -0.39 is 0 Å². The van der Waals surface area contributed by atoms with Crippen LogP contribution in [-0.4, -0.2) is 30.9 Å². The number of aromatic amines is 1. The molecule has 28 heavy (non-hydrogen) atoms. The van der Waals surface area contributed by atoms with Crippen LogP contribution < -0.4 is 19.5 Å². The van der Waals surface area contributed by atoms with Gasteiger partial charge in [-0.05, 0) is 49.4 Å². The summed E-state index contributed by atoms with van der Waals surface area (Å²) in [5, 5.41) is 2.77. The molecule has 0 radical (unpaired) electrons. The van der Waals surface area contributed by atoms with Crippen molar-refractivity contribution in [1.29, 1.82) is 0 Å². The third-order valence-electron chi connectivity index (χ3n) is 4.04. The molecule has 0 saturated heterocycles. The molecule has 0 atom stereocenters. The lowest BCUT2D eigenvalue weighted by molar-refractivity contribution is 0.101. The highest BCUT2D eigenvalue weighted by Crippen LogP contribution is 2.34. The number of amides is 1. The van der Waals surface area contributed by atoms with Crippen molar-refractivity contribution in [2.75, 3.05) is 19.5 Å². The Morgan fingerprint density at radius 2 is 1.61 bits per heavy atom. The molecule has 0 fully saturated rings. The van der Waals surface area contributed by atoms with Crippen LogP contribution in [0.15, 0.2) is 54.7 Å². The van der Waals surface area contributed by atoms with Gasteiger partial charge in [-0.15, -0.1) is 0 Å². The molecule has 0 saturated carbocycles. The molecule has 7 heteroatoms. The number of hydrogen-bond donors (Lipinski definition) is 2. The summed E-state index contributed by atoms with van der Waals surface area (Å²) in [7, 11) is 3.13. The van der Waals surface area contributed by atoms with E-state index in [9.17, 15) is 9.59 Å². The van der Waals surface area contributed by atoms with E-state index in [4.69, 9.17) is 14.2 Å². The van der Waals surface area contributed by atoms with Gasteiger partial charge in [-0.25, -0.2) is 0 Å². The second-order valence-electron chi connectivity index (χ2n) is 5.96. The summed E-state index contributed by atoms with van der Waals surface area (Å²) in [6, 6.07) is 13.7. The molecule has 0 aliphatic rings. The predicted molar refractivity (Wildman–Crippen MR) is 105 cm³/mol.